The van der Waals surface area contributed by atoms with Crippen LogP contribution in [0.1, 0.15) is 24.1 Å². The Bertz CT molecular complexity index is 568. The number of hydrogen-bond acceptors (Lipinski definition) is 2. The molecule has 0 saturated carbocycles. The third kappa shape index (κ3) is 3.12. The Morgan fingerprint density at radius 1 is 1.16 bits per heavy atom. The fourth-order valence-electron chi connectivity index (χ4n) is 1.85. The van der Waals surface area contributed by atoms with Crippen LogP contribution in [0.5, 0.6) is 11.5 Å². The fraction of sp³-hybridized carbons (Fsp3) is 0.250. The summed E-state index contributed by atoms with van der Waals surface area (Å²) in [5.41, 5.74) is 1.66. The average Bonchev–Trinajstić information content (AvgIpc) is 2.43. The Labute approximate surface area is 113 Å². The monoisotopic (exact) mass is 259 g/mol. The lowest BCUT2D eigenvalue weighted by Crippen LogP contribution is -2.13. The Morgan fingerprint density at radius 3 is 2.58 bits per heavy atom. The molecule has 2 nitrogen and oxygen atoms in total. The van der Waals surface area contributed by atoms with Gasteiger partial charge in [-0.25, -0.2) is 4.39 Å². The van der Waals surface area contributed by atoms with Crippen LogP contribution < -0.4 is 10.1 Å². The van der Waals surface area contributed by atoms with Crippen molar-refractivity contribution >= 4 is 0 Å². The zero-order chi connectivity index (χ0) is 13.8. The molecule has 0 spiro atoms. The van der Waals surface area contributed by atoms with Gasteiger partial charge in [0.15, 0.2) is 0 Å². The maximum atomic E-state index is 13.5. The highest BCUT2D eigenvalue weighted by Crippen LogP contribution is 2.29. The molecule has 0 radical (unpaired) electrons. The number of ether oxygens (including phenoxy) is 1. The van der Waals surface area contributed by atoms with Crippen molar-refractivity contribution in [2.75, 3.05) is 7.05 Å². The predicted molar refractivity (Wildman–Crippen MR) is 75.1 cm³/mol. The van der Waals surface area contributed by atoms with Crippen LogP contribution in [0.3, 0.4) is 0 Å². The van der Waals surface area contributed by atoms with Crippen LogP contribution in [0.15, 0.2) is 42.5 Å². The number of aryl methyl sites for hydroxylation is 1. The molecule has 1 N–H and O–H groups in total. The van der Waals surface area contributed by atoms with E-state index in [1.54, 1.807) is 19.1 Å². The normalized spacial score (nSPS) is 12.2. The number of rotatable bonds is 4. The number of benzene rings is 2. The molecule has 0 bridgehead atoms. The van der Waals surface area contributed by atoms with Crippen LogP contribution in [0.2, 0.25) is 0 Å². The van der Waals surface area contributed by atoms with E-state index in [9.17, 15) is 4.39 Å². The maximum absolute atomic E-state index is 13.5. The number of para-hydroxylation sites is 1. The van der Waals surface area contributed by atoms with E-state index in [0.29, 0.717) is 11.3 Å². The van der Waals surface area contributed by atoms with Gasteiger partial charge in [-0.15, -0.1) is 0 Å². The lowest BCUT2D eigenvalue weighted by atomic mass is 10.1. The molecule has 0 saturated heterocycles. The summed E-state index contributed by atoms with van der Waals surface area (Å²) in [6, 6.07) is 12.8. The number of halogens is 1. The highest BCUT2D eigenvalue weighted by molar-refractivity contribution is 5.40. The zero-order valence-corrected chi connectivity index (χ0v) is 11.4. The minimum atomic E-state index is -0.253. The molecule has 0 heterocycles. The van der Waals surface area contributed by atoms with Gasteiger partial charge >= 0.3 is 0 Å². The van der Waals surface area contributed by atoms with E-state index in [-0.39, 0.29) is 11.9 Å². The van der Waals surface area contributed by atoms with Crippen molar-refractivity contribution in [3.8, 4) is 11.5 Å². The van der Waals surface area contributed by atoms with Crippen molar-refractivity contribution < 1.29 is 9.13 Å². The van der Waals surface area contributed by atoms with Crippen molar-refractivity contribution in [3.63, 3.8) is 0 Å². The highest BCUT2D eigenvalue weighted by Gasteiger charge is 2.10. The zero-order valence-electron chi connectivity index (χ0n) is 11.4. The molecular formula is C16H18FNO. The molecule has 1 unspecified atom stereocenters. The fourth-order valence-corrected chi connectivity index (χ4v) is 1.85. The molecule has 0 fully saturated rings. The van der Waals surface area contributed by atoms with Crippen molar-refractivity contribution in [1.82, 2.24) is 5.32 Å². The van der Waals surface area contributed by atoms with Gasteiger partial charge in [0.25, 0.3) is 0 Å². The summed E-state index contributed by atoms with van der Waals surface area (Å²) in [6.45, 7) is 3.79. The molecule has 0 aliphatic carbocycles. The molecular weight excluding hydrogens is 241 g/mol. The van der Waals surface area contributed by atoms with Gasteiger partial charge in [0, 0.05) is 17.7 Å². The van der Waals surface area contributed by atoms with Gasteiger partial charge in [0.05, 0.1) is 0 Å². The molecule has 0 aromatic heterocycles. The topological polar surface area (TPSA) is 21.3 Å². The summed E-state index contributed by atoms with van der Waals surface area (Å²) >= 11 is 0. The second-order valence-corrected chi connectivity index (χ2v) is 4.56. The smallest absolute Gasteiger partial charge is 0.132 e. The van der Waals surface area contributed by atoms with Gasteiger partial charge in [-0.05, 0) is 38.6 Å². The Kier molecular flexibility index (Phi) is 4.17. The van der Waals surface area contributed by atoms with Crippen LogP contribution >= 0.6 is 0 Å². The standard InChI is InChI=1S/C16H18FNO/c1-11-8-9-13(10-15(11)17)19-16-7-5-4-6-14(16)12(2)18-3/h4-10,12,18H,1-3H3. The second-order valence-electron chi connectivity index (χ2n) is 4.56. The van der Waals surface area contributed by atoms with E-state index in [1.807, 2.05) is 31.3 Å². The van der Waals surface area contributed by atoms with Crippen LogP contribution in [0.4, 0.5) is 4.39 Å². The van der Waals surface area contributed by atoms with E-state index in [4.69, 9.17) is 4.74 Å². The minimum Gasteiger partial charge on any atom is -0.457 e. The van der Waals surface area contributed by atoms with Crippen molar-refractivity contribution in [1.29, 1.82) is 0 Å². The molecule has 0 amide bonds. The van der Waals surface area contributed by atoms with Gasteiger partial charge in [0.1, 0.15) is 17.3 Å². The van der Waals surface area contributed by atoms with Gasteiger partial charge in [-0.2, -0.15) is 0 Å². The number of nitrogens with one attached hydrogen (secondary N) is 1. The van der Waals surface area contributed by atoms with E-state index < -0.39 is 0 Å². The molecule has 0 aliphatic heterocycles. The quantitative estimate of drug-likeness (QED) is 0.888. The molecule has 19 heavy (non-hydrogen) atoms. The first kappa shape index (κ1) is 13.6. The summed E-state index contributed by atoms with van der Waals surface area (Å²) in [6.07, 6.45) is 0. The van der Waals surface area contributed by atoms with Crippen LogP contribution in [-0.2, 0) is 0 Å². The first-order chi connectivity index (χ1) is 9.11. The van der Waals surface area contributed by atoms with Crippen molar-refractivity contribution in [2.24, 2.45) is 0 Å². The minimum absolute atomic E-state index is 0.173. The molecule has 100 valence electrons. The predicted octanol–water partition coefficient (Wildman–Crippen LogP) is 4.21. The van der Waals surface area contributed by atoms with E-state index in [0.717, 1.165) is 11.3 Å². The third-order valence-corrected chi connectivity index (χ3v) is 3.19. The first-order valence-electron chi connectivity index (χ1n) is 6.32. The molecule has 3 heteroatoms. The van der Waals surface area contributed by atoms with Gasteiger partial charge < -0.3 is 10.1 Å². The summed E-state index contributed by atoms with van der Waals surface area (Å²) in [4.78, 5) is 0. The molecule has 2 rings (SSSR count). The molecule has 0 aliphatic rings. The lowest BCUT2D eigenvalue weighted by Gasteiger charge is -2.16. The highest BCUT2D eigenvalue weighted by atomic mass is 19.1. The Balaban J connectivity index is 2.30. The van der Waals surface area contributed by atoms with Crippen LogP contribution in [-0.4, -0.2) is 7.05 Å². The maximum Gasteiger partial charge on any atom is 0.132 e. The van der Waals surface area contributed by atoms with E-state index in [2.05, 4.69) is 12.2 Å². The van der Waals surface area contributed by atoms with Gasteiger partial charge in [-0.1, -0.05) is 24.3 Å². The van der Waals surface area contributed by atoms with E-state index in [1.165, 1.54) is 6.07 Å². The number of hydrogen-bond donors (Lipinski definition) is 1. The third-order valence-electron chi connectivity index (χ3n) is 3.19. The summed E-state index contributed by atoms with van der Waals surface area (Å²) in [5, 5.41) is 3.17. The van der Waals surface area contributed by atoms with Crippen LogP contribution in [0.25, 0.3) is 0 Å². The SMILES string of the molecule is CNC(C)c1ccccc1Oc1ccc(C)c(F)c1. The van der Waals surface area contributed by atoms with Crippen molar-refractivity contribution in [3.05, 3.63) is 59.4 Å². The Morgan fingerprint density at radius 2 is 1.89 bits per heavy atom. The Hall–Kier alpha value is -1.87. The lowest BCUT2D eigenvalue weighted by molar-refractivity contribution is 0.461. The molecule has 2 aromatic rings. The summed E-state index contributed by atoms with van der Waals surface area (Å²) < 4.78 is 19.3. The molecule has 2 aromatic carbocycles. The summed E-state index contributed by atoms with van der Waals surface area (Å²) in [5.74, 6) is 1.00. The largest absolute Gasteiger partial charge is 0.457 e. The average molecular weight is 259 g/mol. The van der Waals surface area contributed by atoms with Gasteiger partial charge in [-0.3, -0.25) is 0 Å². The van der Waals surface area contributed by atoms with E-state index >= 15 is 0 Å². The van der Waals surface area contributed by atoms with Crippen molar-refractivity contribution in [2.45, 2.75) is 19.9 Å². The second kappa shape index (κ2) is 5.85. The van der Waals surface area contributed by atoms with Crippen LogP contribution in [0, 0.1) is 12.7 Å². The molecule has 1 atom stereocenters. The first-order valence-corrected chi connectivity index (χ1v) is 6.32. The summed E-state index contributed by atoms with van der Waals surface area (Å²) in [7, 11) is 1.90. The van der Waals surface area contributed by atoms with Gasteiger partial charge in [0.2, 0.25) is 0 Å².